The Labute approximate surface area is 210 Å². The average molecular weight is 517 g/mol. The lowest BCUT2D eigenvalue weighted by molar-refractivity contribution is -0.119. The molecular weight excluding hydrogens is 488 g/mol. The second-order valence-electron chi connectivity index (χ2n) is 8.91. The van der Waals surface area contributed by atoms with Gasteiger partial charge in [0.15, 0.2) is 0 Å². The number of primary amides is 1. The number of fused-ring (bicyclic) bond motifs is 1. The topological polar surface area (TPSA) is 122 Å². The van der Waals surface area contributed by atoms with Crippen LogP contribution in [0.2, 0.25) is 5.02 Å². The van der Waals surface area contributed by atoms with Crippen LogP contribution >= 0.6 is 11.6 Å². The summed E-state index contributed by atoms with van der Waals surface area (Å²) >= 11 is 5.99. The van der Waals surface area contributed by atoms with Crippen molar-refractivity contribution in [1.82, 2.24) is 19.2 Å². The van der Waals surface area contributed by atoms with Crippen LogP contribution in [0.1, 0.15) is 19.7 Å². The van der Waals surface area contributed by atoms with E-state index in [0.717, 1.165) is 10.9 Å². The van der Waals surface area contributed by atoms with Crippen molar-refractivity contribution in [3.05, 3.63) is 59.4 Å². The number of carbonyl (C=O) groups excluding carboxylic acids is 1. The number of amides is 1. The van der Waals surface area contributed by atoms with Gasteiger partial charge < -0.3 is 11.1 Å². The van der Waals surface area contributed by atoms with Gasteiger partial charge in [0.25, 0.3) is 0 Å². The number of sulfonamides is 1. The van der Waals surface area contributed by atoms with Crippen molar-refractivity contribution >= 4 is 44.3 Å². The minimum Gasteiger partial charge on any atom is -0.368 e. The molecular formula is C24H29ClN6O3S. The number of rotatable bonds is 8. The van der Waals surface area contributed by atoms with E-state index in [2.05, 4.69) is 10.2 Å². The van der Waals surface area contributed by atoms with Gasteiger partial charge in [-0.05, 0) is 36.2 Å². The molecule has 3 aromatic rings. The average Bonchev–Trinajstić information content (AvgIpc) is 2.82. The normalized spacial score (nSPS) is 16.5. The summed E-state index contributed by atoms with van der Waals surface area (Å²) in [5.41, 5.74) is 6.36. The summed E-state index contributed by atoms with van der Waals surface area (Å²) in [7, 11) is -3.61. The van der Waals surface area contributed by atoms with Gasteiger partial charge in [0, 0.05) is 36.6 Å². The molecule has 1 aliphatic heterocycles. The Morgan fingerprint density at radius 1 is 1.09 bits per heavy atom. The van der Waals surface area contributed by atoms with Crippen molar-refractivity contribution in [3.63, 3.8) is 0 Å². The van der Waals surface area contributed by atoms with Crippen molar-refractivity contribution in [2.24, 2.45) is 11.7 Å². The highest BCUT2D eigenvalue weighted by molar-refractivity contribution is 7.89. The zero-order valence-corrected chi connectivity index (χ0v) is 21.3. The van der Waals surface area contributed by atoms with Crippen LogP contribution in [0.25, 0.3) is 10.9 Å². The maximum atomic E-state index is 13.0. The lowest BCUT2D eigenvalue weighted by Crippen LogP contribution is -2.48. The monoisotopic (exact) mass is 516 g/mol. The van der Waals surface area contributed by atoms with Gasteiger partial charge in [-0.3, -0.25) is 9.69 Å². The SMILES string of the molecule is CC(C)[C@H](Nc1nc(CN2CCN(S(=O)(=O)c3cccc(Cl)c3)CC2)nc2ccccc12)C(N)=O. The van der Waals surface area contributed by atoms with Crippen LogP contribution in [0.4, 0.5) is 5.82 Å². The fraction of sp³-hybridized carbons (Fsp3) is 0.375. The number of nitrogens with zero attached hydrogens (tertiary/aromatic N) is 4. The molecule has 35 heavy (non-hydrogen) atoms. The lowest BCUT2D eigenvalue weighted by atomic mass is 10.0. The Hall–Kier alpha value is -2.79. The highest BCUT2D eigenvalue weighted by Crippen LogP contribution is 2.24. The molecule has 1 saturated heterocycles. The van der Waals surface area contributed by atoms with Crippen LogP contribution in [-0.4, -0.2) is 65.7 Å². The van der Waals surface area contributed by atoms with Gasteiger partial charge >= 0.3 is 0 Å². The fourth-order valence-corrected chi connectivity index (χ4v) is 5.85. The summed E-state index contributed by atoms with van der Waals surface area (Å²) in [4.78, 5) is 23.7. The van der Waals surface area contributed by atoms with Crippen LogP contribution in [0, 0.1) is 5.92 Å². The Bertz CT molecular complexity index is 1330. The van der Waals surface area contributed by atoms with Gasteiger partial charge in [-0.1, -0.05) is 43.6 Å². The molecule has 1 atom stereocenters. The van der Waals surface area contributed by atoms with Gasteiger partial charge in [0.2, 0.25) is 15.9 Å². The minimum atomic E-state index is -3.61. The first kappa shape index (κ1) is 25.3. The second kappa shape index (κ2) is 10.4. The zero-order chi connectivity index (χ0) is 25.2. The smallest absolute Gasteiger partial charge is 0.243 e. The molecule has 0 bridgehead atoms. The largest absolute Gasteiger partial charge is 0.368 e. The third kappa shape index (κ3) is 5.72. The summed E-state index contributed by atoms with van der Waals surface area (Å²) in [5, 5.41) is 4.40. The zero-order valence-electron chi connectivity index (χ0n) is 19.7. The van der Waals surface area contributed by atoms with Crippen molar-refractivity contribution in [1.29, 1.82) is 0 Å². The predicted molar refractivity (Wildman–Crippen MR) is 136 cm³/mol. The second-order valence-corrected chi connectivity index (χ2v) is 11.3. The van der Waals surface area contributed by atoms with E-state index in [0.29, 0.717) is 49.4 Å². The molecule has 2 aromatic carbocycles. The number of nitrogens with two attached hydrogens (primary N) is 1. The van der Waals surface area contributed by atoms with Crippen molar-refractivity contribution in [2.45, 2.75) is 31.3 Å². The Balaban J connectivity index is 1.50. The van der Waals surface area contributed by atoms with E-state index in [9.17, 15) is 13.2 Å². The minimum absolute atomic E-state index is 0.0146. The van der Waals surface area contributed by atoms with Crippen LogP contribution in [0.5, 0.6) is 0 Å². The quantitative estimate of drug-likeness (QED) is 0.472. The Kier molecular flexibility index (Phi) is 7.56. The van der Waals surface area contributed by atoms with Gasteiger partial charge in [-0.15, -0.1) is 0 Å². The standard InChI is InChI=1S/C24H29ClN6O3S/c1-16(2)22(23(26)32)29-24-19-8-3-4-9-20(19)27-21(28-24)15-30-10-12-31(13-11-30)35(33,34)18-7-5-6-17(25)14-18/h3-9,14,16,22H,10-13,15H2,1-2H3,(H2,26,32)(H,27,28,29)/t22-/m0/s1. The molecule has 1 aliphatic rings. The van der Waals surface area contributed by atoms with E-state index in [1.807, 2.05) is 38.1 Å². The number of carbonyl (C=O) groups is 1. The van der Waals surface area contributed by atoms with Crippen LogP contribution < -0.4 is 11.1 Å². The highest BCUT2D eigenvalue weighted by Gasteiger charge is 2.29. The Morgan fingerprint density at radius 3 is 2.46 bits per heavy atom. The van der Waals surface area contributed by atoms with E-state index in [1.54, 1.807) is 18.2 Å². The molecule has 9 nitrogen and oxygen atoms in total. The van der Waals surface area contributed by atoms with E-state index >= 15 is 0 Å². The number of hydrogen-bond donors (Lipinski definition) is 2. The summed E-state index contributed by atoms with van der Waals surface area (Å²) in [5.74, 6) is 0.690. The fourth-order valence-electron chi connectivity index (χ4n) is 4.12. The number of aromatic nitrogens is 2. The number of piperazine rings is 1. The van der Waals surface area contributed by atoms with Gasteiger partial charge in [0.05, 0.1) is 17.0 Å². The first-order valence-corrected chi connectivity index (χ1v) is 13.3. The van der Waals surface area contributed by atoms with Crippen LogP contribution in [0.3, 0.4) is 0 Å². The summed E-state index contributed by atoms with van der Waals surface area (Å²) < 4.78 is 27.4. The summed E-state index contributed by atoms with van der Waals surface area (Å²) in [6.45, 7) is 6.07. The van der Waals surface area contributed by atoms with Gasteiger partial charge in [-0.25, -0.2) is 18.4 Å². The lowest BCUT2D eigenvalue weighted by Gasteiger charge is -2.33. The van der Waals surface area contributed by atoms with E-state index in [1.165, 1.54) is 10.4 Å². The molecule has 1 aromatic heterocycles. The maximum Gasteiger partial charge on any atom is 0.243 e. The third-order valence-corrected chi connectivity index (χ3v) is 8.17. The first-order valence-electron chi connectivity index (χ1n) is 11.4. The molecule has 0 unspecified atom stereocenters. The molecule has 0 saturated carbocycles. The van der Waals surface area contributed by atoms with Crippen LogP contribution in [0.15, 0.2) is 53.4 Å². The number of nitrogens with one attached hydrogen (secondary N) is 1. The molecule has 0 aliphatic carbocycles. The number of anilines is 1. The van der Waals surface area contributed by atoms with E-state index < -0.39 is 22.0 Å². The molecule has 186 valence electrons. The molecule has 11 heteroatoms. The Morgan fingerprint density at radius 2 is 1.80 bits per heavy atom. The molecule has 2 heterocycles. The molecule has 0 radical (unpaired) electrons. The molecule has 1 amide bonds. The maximum absolute atomic E-state index is 13.0. The van der Waals surface area contributed by atoms with Gasteiger partial charge in [-0.2, -0.15) is 4.31 Å². The van der Waals surface area contributed by atoms with E-state index in [4.69, 9.17) is 27.3 Å². The third-order valence-electron chi connectivity index (χ3n) is 6.05. The van der Waals surface area contributed by atoms with Gasteiger partial charge in [0.1, 0.15) is 17.7 Å². The molecule has 0 spiro atoms. The highest BCUT2D eigenvalue weighted by atomic mass is 35.5. The molecule has 4 rings (SSSR count). The van der Waals surface area contributed by atoms with Crippen molar-refractivity contribution in [2.75, 3.05) is 31.5 Å². The predicted octanol–water partition coefficient (Wildman–Crippen LogP) is 2.71. The van der Waals surface area contributed by atoms with Crippen LogP contribution in [-0.2, 0) is 21.4 Å². The number of benzene rings is 2. The number of halogens is 1. The number of para-hydroxylation sites is 1. The van der Waals surface area contributed by atoms with Crippen molar-refractivity contribution in [3.8, 4) is 0 Å². The van der Waals surface area contributed by atoms with Crippen molar-refractivity contribution < 1.29 is 13.2 Å². The molecule has 1 fully saturated rings. The van der Waals surface area contributed by atoms with E-state index in [-0.39, 0.29) is 10.8 Å². The first-order chi connectivity index (χ1) is 16.6. The number of hydrogen-bond acceptors (Lipinski definition) is 7. The molecule has 3 N–H and O–H groups in total. The summed E-state index contributed by atoms with van der Waals surface area (Å²) in [6, 6.07) is 13.3. The summed E-state index contributed by atoms with van der Waals surface area (Å²) in [6.07, 6.45) is 0.